The van der Waals surface area contributed by atoms with E-state index >= 15 is 0 Å². The summed E-state index contributed by atoms with van der Waals surface area (Å²) in [5.74, 6) is 0.815. The molecule has 0 spiro atoms. The van der Waals surface area contributed by atoms with Crippen molar-refractivity contribution in [3.8, 4) is 0 Å². The van der Waals surface area contributed by atoms with Crippen LogP contribution in [0, 0.1) is 5.92 Å². The largest absolute Gasteiger partial charge is 0.316 e. The first-order valence-corrected chi connectivity index (χ1v) is 6.11. The first-order chi connectivity index (χ1) is 7.74. The summed E-state index contributed by atoms with van der Waals surface area (Å²) in [6.07, 6.45) is 6.74. The quantitative estimate of drug-likeness (QED) is 0.820. The fourth-order valence-electron chi connectivity index (χ4n) is 2.45. The predicted octanol–water partition coefficient (Wildman–Crippen LogP) is 0.851. The molecule has 0 saturated carbocycles. The molecule has 4 heteroatoms. The van der Waals surface area contributed by atoms with Crippen molar-refractivity contribution in [1.82, 2.24) is 20.0 Å². The Morgan fingerprint density at radius 2 is 2.50 bits per heavy atom. The highest BCUT2D eigenvalue weighted by Crippen LogP contribution is 2.12. The summed E-state index contributed by atoms with van der Waals surface area (Å²) in [5.41, 5.74) is 1.30. The van der Waals surface area contributed by atoms with Crippen LogP contribution in [0.15, 0.2) is 12.4 Å². The maximum absolute atomic E-state index is 4.19. The van der Waals surface area contributed by atoms with Gasteiger partial charge in [0.1, 0.15) is 0 Å². The lowest BCUT2D eigenvalue weighted by atomic mass is 9.99. The molecule has 90 valence electrons. The molecule has 0 radical (unpaired) electrons. The normalized spacial score (nSPS) is 21.6. The molecule has 2 heterocycles. The van der Waals surface area contributed by atoms with Crippen molar-refractivity contribution in [2.75, 3.05) is 26.7 Å². The van der Waals surface area contributed by atoms with Gasteiger partial charge < -0.3 is 10.2 Å². The molecule has 1 unspecified atom stereocenters. The van der Waals surface area contributed by atoms with Crippen LogP contribution in [0.5, 0.6) is 0 Å². The molecular weight excluding hydrogens is 200 g/mol. The fourth-order valence-corrected chi connectivity index (χ4v) is 2.45. The van der Waals surface area contributed by atoms with Crippen LogP contribution < -0.4 is 5.32 Å². The Bertz CT molecular complexity index is 315. The van der Waals surface area contributed by atoms with Crippen LogP contribution in [0.4, 0.5) is 0 Å². The minimum Gasteiger partial charge on any atom is -0.316 e. The van der Waals surface area contributed by atoms with E-state index in [1.165, 1.54) is 38.0 Å². The van der Waals surface area contributed by atoms with Crippen LogP contribution in [-0.2, 0) is 13.6 Å². The van der Waals surface area contributed by atoms with Crippen molar-refractivity contribution in [2.45, 2.75) is 19.4 Å². The molecule has 1 N–H and O–H groups in total. The molecule has 4 nitrogen and oxygen atoms in total. The zero-order valence-corrected chi connectivity index (χ0v) is 10.3. The van der Waals surface area contributed by atoms with E-state index < -0.39 is 0 Å². The summed E-state index contributed by atoms with van der Waals surface area (Å²) in [5, 5.41) is 7.66. The van der Waals surface area contributed by atoms with Gasteiger partial charge in [-0.2, -0.15) is 5.10 Å². The topological polar surface area (TPSA) is 33.1 Å². The van der Waals surface area contributed by atoms with Gasteiger partial charge in [0.05, 0.1) is 6.20 Å². The van der Waals surface area contributed by atoms with E-state index in [-0.39, 0.29) is 0 Å². The van der Waals surface area contributed by atoms with E-state index in [9.17, 15) is 0 Å². The van der Waals surface area contributed by atoms with Gasteiger partial charge >= 0.3 is 0 Å². The van der Waals surface area contributed by atoms with E-state index in [1.54, 1.807) is 0 Å². The lowest BCUT2D eigenvalue weighted by molar-refractivity contribution is 0.237. The van der Waals surface area contributed by atoms with Crippen molar-refractivity contribution in [3.63, 3.8) is 0 Å². The van der Waals surface area contributed by atoms with Gasteiger partial charge in [-0.05, 0) is 38.9 Å². The summed E-state index contributed by atoms with van der Waals surface area (Å²) in [6, 6.07) is 0. The van der Waals surface area contributed by atoms with Crippen molar-refractivity contribution in [2.24, 2.45) is 13.0 Å². The number of piperidine rings is 1. The average Bonchev–Trinajstić information content (AvgIpc) is 2.65. The van der Waals surface area contributed by atoms with E-state index in [2.05, 4.69) is 28.6 Å². The van der Waals surface area contributed by atoms with E-state index in [0.717, 1.165) is 12.5 Å². The number of rotatable bonds is 4. The van der Waals surface area contributed by atoms with Gasteiger partial charge in [0, 0.05) is 31.9 Å². The number of aryl methyl sites for hydroxylation is 1. The van der Waals surface area contributed by atoms with Gasteiger partial charge in [0.2, 0.25) is 0 Å². The Hall–Kier alpha value is -0.870. The van der Waals surface area contributed by atoms with Gasteiger partial charge in [-0.15, -0.1) is 0 Å². The standard InChI is InChI=1S/C12H22N4/c1-15(8-11-4-3-5-13-6-11)9-12-7-14-16(2)10-12/h7,10-11,13H,3-6,8-9H2,1-2H3. The predicted molar refractivity (Wildman–Crippen MR) is 65.1 cm³/mol. The Balaban J connectivity index is 1.77. The number of nitrogens with one attached hydrogen (secondary N) is 1. The second-order valence-electron chi connectivity index (χ2n) is 4.93. The smallest absolute Gasteiger partial charge is 0.0534 e. The van der Waals surface area contributed by atoms with Crippen molar-refractivity contribution in [3.05, 3.63) is 18.0 Å². The van der Waals surface area contributed by atoms with Crippen LogP contribution in [0.25, 0.3) is 0 Å². The van der Waals surface area contributed by atoms with Crippen LogP contribution in [-0.4, -0.2) is 41.4 Å². The maximum Gasteiger partial charge on any atom is 0.0534 e. The molecule has 1 aliphatic rings. The van der Waals surface area contributed by atoms with Crippen molar-refractivity contribution < 1.29 is 0 Å². The number of hydrogen-bond acceptors (Lipinski definition) is 3. The van der Waals surface area contributed by atoms with Crippen molar-refractivity contribution >= 4 is 0 Å². The van der Waals surface area contributed by atoms with E-state index in [4.69, 9.17) is 0 Å². The van der Waals surface area contributed by atoms with Gasteiger partial charge in [-0.1, -0.05) is 0 Å². The molecule has 2 rings (SSSR count). The Labute approximate surface area is 97.6 Å². The molecule has 0 bridgehead atoms. The van der Waals surface area contributed by atoms with E-state index in [0.29, 0.717) is 0 Å². The first kappa shape index (κ1) is 11.6. The lowest BCUT2D eigenvalue weighted by Crippen LogP contribution is -2.36. The highest BCUT2D eigenvalue weighted by atomic mass is 15.2. The lowest BCUT2D eigenvalue weighted by Gasteiger charge is -2.27. The second-order valence-corrected chi connectivity index (χ2v) is 4.93. The summed E-state index contributed by atoms with van der Waals surface area (Å²) < 4.78 is 1.87. The van der Waals surface area contributed by atoms with Gasteiger partial charge in [0.25, 0.3) is 0 Å². The van der Waals surface area contributed by atoms with Crippen LogP contribution in [0.3, 0.4) is 0 Å². The third kappa shape index (κ3) is 3.32. The number of hydrogen-bond donors (Lipinski definition) is 1. The highest BCUT2D eigenvalue weighted by Gasteiger charge is 2.15. The Morgan fingerprint density at radius 3 is 3.12 bits per heavy atom. The van der Waals surface area contributed by atoms with Gasteiger partial charge in [0.15, 0.2) is 0 Å². The average molecular weight is 222 g/mol. The molecule has 1 aromatic heterocycles. The molecule has 1 fully saturated rings. The Morgan fingerprint density at radius 1 is 1.62 bits per heavy atom. The zero-order chi connectivity index (χ0) is 11.4. The summed E-state index contributed by atoms with van der Waals surface area (Å²) >= 11 is 0. The molecule has 1 aliphatic heterocycles. The first-order valence-electron chi connectivity index (χ1n) is 6.11. The van der Waals surface area contributed by atoms with Crippen molar-refractivity contribution in [1.29, 1.82) is 0 Å². The van der Waals surface area contributed by atoms with Gasteiger partial charge in [-0.3, -0.25) is 4.68 Å². The maximum atomic E-state index is 4.19. The molecule has 0 aromatic carbocycles. The molecule has 0 aliphatic carbocycles. The number of nitrogens with zero attached hydrogens (tertiary/aromatic N) is 3. The van der Waals surface area contributed by atoms with Crippen LogP contribution in [0.1, 0.15) is 18.4 Å². The van der Waals surface area contributed by atoms with Crippen LogP contribution >= 0.6 is 0 Å². The Kier molecular flexibility index (Phi) is 3.96. The molecule has 16 heavy (non-hydrogen) atoms. The highest BCUT2D eigenvalue weighted by molar-refractivity contribution is 5.03. The SMILES string of the molecule is CN(Cc1cnn(C)c1)CC1CCCNC1. The fraction of sp³-hybridized carbons (Fsp3) is 0.750. The third-order valence-corrected chi connectivity index (χ3v) is 3.18. The minimum absolute atomic E-state index is 0.815. The number of aromatic nitrogens is 2. The molecule has 1 saturated heterocycles. The van der Waals surface area contributed by atoms with E-state index in [1.807, 2.05) is 17.9 Å². The molecule has 1 aromatic rings. The third-order valence-electron chi connectivity index (χ3n) is 3.18. The van der Waals surface area contributed by atoms with Crippen LogP contribution in [0.2, 0.25) is 0 Å². The summed E-state index contributed by atoms with van der Waals surface area (Å²) in [4.78, 5) is 2.40. The summed E-state index contributed by atoms with van der Waals surface area (Å²) in [7, 11) is 4.16. The van der Waals surface area contributed by atoms with Gasteiger partial charge in [-0.25, -0.2) is 0 Å². The molecule has 0 amide bonds. The summed E-state index contributed by atoms with van der Waals surface area (Å²) in [6.45, 7) is 4.56. The molecule has 1 atom stereocenters. The zero-order valence-electron chi connectivity index (χ0n) is 10.3. The monoisotopic (exact) mass is 222 g/mol. The minimum atomic E-state index is 0.815. The molecular formula is C12H22N4. The second kappa shape index (κ2) is 5.46.